The zero-order valence-corrected chi connectivity index (χ0v) is 14.9. The number of aryl methyl sites for hydroxylation is 1. The van der Waals surface area contributed by atoms with E-state index in [1.165, 1.54) is 5.69 Å². The minimum absolute atomic E-state index is 0.370. The van der Waals surface area contributed by atoms with Gasteiger partial charge in [-0.3, -0.25) is 9.28 Å². The molecule has 0 fully saturated rings. The lowest BCUT2D eigenvalue weighted by Crippen LogP contribution is -2.40. The molecular weight excluding hydrogens is 300 g/mol. The van der Waals surface area contributed by atoms with Gasteiger partial charge in [0.05, 0.1) is 21.1 Å². The fourth-order valence-corrected chi connectivity index (χ4v) is 2.40. The maximum Gasteiger partial charge on any atom is 0.256 e. The number of carbonyl (C=O) groups excluding carboxylic acids is 1. The van der Waals surface area contributed by atoms with Crippen LogP contribution in [-0.2, 0) is 11.2 Å². The van der Waals surface area contributed by atoms with E-state index in [0.29, 0.717) is 18.5 Å². The van der Waals surface area contributed by atoms with Gasteiger partial charge in [0.2, 0.25) is 0 Å². The molecule has 4 heteroatoms. The number of hydrogen-bond acceptors (Lipinski definition) is 2. The average molecular weight is 327 g/mol. The highest BCUT2D eigenvalue weighted by molar-refractivity contribution is 5.96. The summed E-state index contributed by atoms with van der Waals surface area (Å²) >= 11 is 0. The van der Waals surface area contributed by atoms with E-state index in [2.05, 4.69) is 50.7 Å². The molecule has 0 radical (unpaired) electrons. The van der Waals surface area contributed by atoms with Gasteiger partial charge in [-0.2, -0.15) is 0 Å². The first kappa shape index (κ1) is 18.2. The second kappa shape index (κ2) is 7.16. The number of quaternary nitrogens is 1. The average Bonchev–Trinajstić information content (AvgIpc) is 2.53. The van der Waals surface area contributed by atoms with E-state index < -0.39 is 5.60 Å². The van der Waals surface area contributed by atoms with E-state index in [-0.39, 0.29) is 5.91 Å². The summed E-state index contributed by atoms with van der Waals surface area (Å²) in [4.78, 5) is 12.3. The first-order chi connectivity index (χ1) is 11.2. The minimum atomic E-state index is -1.41. The van der Waals surface area contributed by atoms with Crippen LogP contribution in [0.5, 0.6) is 0 Å². The number of carbonyl (C=O) groups is 1. The Labute approximate surface area is 144 Å². The Kier molecular flexibility index (Phi) is 5.42. The lowest BCUT2D eigenvalue weighted by atomic mass is 9.95. The van der Waals surface area contributed by atoms with Crippen molar-refractivity contribution in [3.05, 3.63) is 60.2 Å². The number of hydrogen-bond donors (Lipinski definition) is 2. The Bertz CT molecular complexity index is 671. The molecule has 0 saturated heterocycles. The summed E-state index contributed by atoms with van der Waals surface area (Å²) in [7, 11) is 6.36. The van der Waals surface area contributed by atoms with Gasteiger partial charge in [-0.25, -0.2) is 0 Å². The van der Waals surface area contributed by atoms with Crippen LogP contribution < -0.4 is 9.80 Å². The second-order valence-corrected chi connectivity index (χ2v) is 7.27. The van der Waals surface area contributed by atoms with E-state index >= 15 is 0 Å². The van der Waals surface area contributed by atoms with Crippen LogP contribution in [0, 0.1) is 0 Å². The molecule has 2 N–H and O–H groups in total. The van der Waals surface area contributed by atoms with Gasteiger partial charge in [0.1, 0.15) is 11.3 Å². The number of rotatable bonds is 6. The standard InChI is InChI=1S/C20H26N2O2/c1-20(24,19(23)21-17-8-6-5-7-9-17)15-14-16-10-12-18(13-11-16)22(2,3)4/h5-13,24H,14-15H2,1-4H3/p+1/t20-/m0/s1. The van der Waals surface area contributed by atoms with Gasteiger partial charge in [0, 0.05) is 5.69 Å². The van der Waals surface area contributed by atoms with Crippen LogP contribution in [0.25, 0.3) is 0 Å². The molecule has 128 valence electrons. The summed E-state index contributed by atoms with van der Waals surface area (Å²) < 4.78 is 0.761. The summed E-state index contributed by atoms with van der Waals surface area (Å²) in [5.41, 5.74) is 1.61. The number of amides is 1. The van der Waals surface area contributed by atoms with Crippen molar-refractivity contribution in [3.63, 3.8) is 0 Å². The molecule has 1 atom stereocenters. The number of anilines is 1. The molecule has 0 aromatic heterocycles. The van der Waals surface area contributed by atoms with Gasteiger partial charge < -0.3 is 10.4 Å². The topological polar surface area (TPSA) is 49.3 Å². The number of para-hydroxylation sites is 1. The zero-order chi connectivity index (χ0) is 17.8. The predicted octanol–water partition coefficient (Wildman–Crippen LogP) is 3.21. The maximum atomic E-state index is 12.3. The third-order valence-electron chi connectivity index (χ3n) is 4.13. The van der Waals surface area contributed by atoms with Gasteiger partial charge in [-0.15, -0.1) is 0 Å². The molecule has 0 saturated carbocycles. The maximum absolute atomic E-state index is 12.3. The van der Waals surface area contributed by atoms with Crippen molar-refractivity contribution in [2.75, 3.05) is 26.5 Å². The molecule has 2 aromatic rings. The van der Waals surface area contributed by atoms with E-state index in [4.69, 9.17) is 0 Å². The smallest absolute Gasteiger partial charge is 0.256 e. The zero-order valence-electron chi connectivity index (χ0n) is 14.9. The first-order valence-corrected chi connectivity index (χ1v) is 8.18. The summed E-state index contributed by atoms with van der Waals surface area (Å²) in [6.07, 6.45) is 1.02. The van der Waals surface area contributed by atoms with Crippen LogP contribution >= 0.6 is 0 Å². The third kappa shape index (κ3) is 4.91. The molecule has 0 bridgehead atoms. The molecule has 2 aromatic carbocycles. The van der Waals surface area contributed by atoms with E-state index in [1.54, 1.807) is 19.1 Å². The quantitative estimate of drug-likeness (QED) is 0.801. The fraction of sp³-hybridized carbons (Fsp3) is 0.350. The SMILES string of the molecule is C[C@](O)(CCc1ccc([N+](C)(C)C)cc1)C(=O)Nc1ccccc1. The van der Waals surface area contributed by atoms with Crippen LogP contribution in [0.1, 0.15) is 18.9 Å². The van der Waals surface area contributed by atoms with Crippen LogP contribution in [0.15, 0.2) is 54.6 Å². The van der Waals surface area contributed by atoms with Gasteiger partial charge in [-0.05, 0) is 49.6 Å². The molecule has 0 aliphatic rings. The van der Waals surface area contributed by atoms with Crippen molar-refractivity contribution in [2.24, 2.45) is 0 Å². The third-order valence-corrected chi connectivity index (χ3v) is 4.13. The highest BCUT2D eigenvalue weighted by Crippen LogP contribution is 2.21. The van der Waals surface area contributed by atoms with E-state index in [1.807, 2.05) is 18.2 Å². The van der Waals surface area contributed by atoms with Gasteiger partial charge in [0.25, 0.3) is 5.91 Å². The molecule has 0 aliphatic heterocycles. The van der Waals surface area contributed by atoms with Crippen molar-refractivity contribution in [3.8, 4) is 0 Å². The van der Waals surface area contributed by atoms with Gasteiger partial charge >= 0.3 is 0 Å². The molecule has 0 spiro atoms. The number of benzene rings is 2. The number of aliphatic hydroxyl groups is 1. The van der Waals surface area contributed by atoms with Crippen molar-refractivity contribution in [1.29, 1.82) is 0 Å². The van der Waals surface area contributed by atoms with Gasteiger partial charge in [-0.1, -0.05) is 30.3 Å². The van der Waals surface area contributed by atoms with Crippen LogP contribution in [-0.4, -0.2) is 37.8 Å². The number of nitrogens with zero attached hydrogens (tertiary/aromatic N) is 1. The van der Waals surface area contributed by atoms with E-state index in [0.717, 1.165) is 10.0 Å². The summed E-state index contributed by atoms with van der Waals surface area (Å²) in [6.45, 7) is 1.56. The Morgan fingerprint density at radius 3 is 2.17 bits per heavy atom. The monoisotopic (exact) mass is 327 g/mol. The van der Waals surface area contributed by atoms with Crippen molar-refractivity contribution in [1.82, 2.24) is 4.48 Å². The normalized spacial score (nSPS) is 14.0. The first-order valence-electron chi connectivity index (χ1n) is 8.18. The lowest BCUT2D eigenvalue weighted by molar-refractivity contribution is -0.132. The lowest BCUT2D eigenvalue weighted by Gasteiger charge is -2.24. The molecule has 0 aliphatic carbocycles. The number of nitrogens with one attached hydrogen (secondary N) is 1. The molecule has 24 heavy (non-hydrogen) atoms. The van der Waals surface area contributed by atoms with Crippen LogP contribution in [0.2, 0.25) is 0 Å². The molecule has 0 unspecified atom stereocenters. The summed E-state index contributed by atoms with van der Waals surface area (Å²) in [6, 6.07) is 17.5. The van der Waals surface area contributed by atoms with Crippen LogP contribution in [0.4, 0.5) is 11.4 Å². The summed E-state index contributed by atoms with van der Waals surface area (Å²) in [5.74, 6) is -0.378. The highest BCUT2D eigenvalue weighted by Gasteiger charge is 2.29. The fourth-order valence-electron chi connectivity index (χ4n) is 2.40. The van der Waals surface area contributed by atoms with Crippen molar-refractivity contribution >= 4 is 17.3 Å². The highest BCUT2D eigenvalue weighted by atomic mass is 16.3. The van der Waals surface area contributed by atoms with E-state index in [9.17, 15) is 9.90 Å². The minimum Gasteiger partial charge on any atom is -0.380 e. The molecular formula is C20H27N2O2+. The van der Waals surface area contributed by atoms with Crippen molar-refractivity contribution in [2.45, 2.75) is 25.4 Å². The Balaban J connectivity index is 1.95. The largest absolute Gasteiger partial charge is 0.380 e. The predicted molar refractivity (Wildman–Crippen MR) is 100 cm³/mol. The molecule has 2 rings (SSSR count). The van der Waals surface area contributed by atoms with Gasteiger partial charge in [0.15, 0.2) is 0 Å². The molecule has 4 nitrogen and oxygen atoms in total. The Morgan fingerprint density at radius 1 is 1.04 bits per heavy atom. The summed E-state index contributed by atoms with van der Waals surface area (Å²) in [5, 5.41) is 13.2. The van der Waals surface area contributed by atoms with Crippen LogP contribution in [0.3, 0.4) is 0 Å². The second-order valence-electron chi connectivity index (χ2n) is 7.27. The molecule has 1 amide bonds. The molecule has 0 heterocycles. The van der Waals surface area contributed by atoms with Crippen molar-refractivity contribution < 1.29 is 9.90 Å². The Hall–Kier alpha value is -2.17. The Morgan fingerprint density at radius 2 is 1.62 bits per heavy atom.